The Balaban J connectivity index is 2.05. The highest BCUT2D eigenvalue weighted by Crippen LogP contribution is 2.25. The molecule has 1 heterocycles. The van der Waals surface area contributed by atoms with Crippen molar-refractivity contribution in [3.8, 4) is 0 Å². The van der Waals surface area contributed by atoms with E-state index in [2.05, 4.69) is 23.9 Å². The molecule has 4 heteroatoms. The smallest absolute Gasteiger partial charge is 0.146 e. The Hall–Kier alpha value is -1.13. The minimum atomic E-state index is -0.152. The molecule has 2 rings (SSSR count). The molecule has 0 amide bonds. The summed E-state index contributed by atoms with van der Waals surface area (Å²) in [4.78, 5) is 4.39. The van der Waals surface area contributed by atoms with Gasteiger partial charge in [-0.2, -0.15) is 0 Å². The standard InChI is InChI=1S/C14H22FN3/c1-17(2)12-5-7-18(8-6-12)14-4-3-11(10-16)9-13(14)15/h3-4,9,12H,5-8,10,16H2,1-2H3. The highest BCUT2D eigenvalue weighted by Gasteiger charge is 2.22. The summed E-state index contributed by atoms with van der Waals surface area (Å²) in [7, 11) is 4.22. The van der Waals surface area contributed by atoms with E-state index in [9.17, 15) is 4.39 Å². The number of hydrogen-bond donors (Lipinski definition) is 1. The van der Waals surface area contributed by atoms with Crippen LogP contribution in [-0.2, 0) is 6.54 Å². The molecular formula is C14H22FN3. The van der Waals surface area contributed by atoms with Crippen LogP contribution in [0.4, 0.5) is 10.1 Å². The lowest BCUT2D eigenvalue weighted by Crippen LogP contribution is -2.42. The number of nitrogens with zero attached hydrogens (tertiary/aromatic N) is 2. The van der Waals surface area contributed by atoms with E-state index in [0.717, 1.165) is 31.5 Å². The van der Waals surface area contributed by atoms with Crippen LogP contribution in [-0.4, -0.2) is 38.1 Å². The second-order valence-corrected chi connectivity index (χ2v) is 5.17. The van der Waals surface area contributed by atoms with Crippen LogP contribution in [0.25, 0.3) is 0 Å². The van der Waals surface area contributed by atoms with Gasteiger partial charge in [-0.05, 0) is 44.6 Å². The maximum absolute atomic E-state index is 14.0. The lowest BCUT2D eigenvalue weighted by molar-refractivity contribution is 0.249. The van der Waals surface area contributed by atoms with Crippen LogP contribution in [0.3, 0.4) is 0 Å². The summed E-state index contributed by atoms with van der Waals surface area (Å²) in [5, 5.41) is 0. The second kappa shape index (κ2) is 5.67. The summed E-state index contributed by atoms with van der Waals surface area (Å²) < 4.78 is 14.0. The zero-order chi connectivity index (χ0) is 13.1. The SMILES string of the molecule is CN(C)C1CCN(c2ccc(CN)cc2F)CC1. The molecule has 0 aliphatic carbocycles. The Morgan fingerprint density at radius 1 is 1.33 bits per heavy atom. The predicted molar refractivity (Wildman–Crippen MR) is 73.2 cm³/mol. The van der Waals surface area contributed by atoms with Gasteiger partial charge in [-0.25, -0.2) is 4.39 Å². The fourth-order valence-electron chi connectivity index (χ4n) is 2.56. The molecule has 1 aromatic rings. The van der Waals surface area contributed by atoms with Gasteiger partial charge in [-0.1, -0.05) is 6.07 Å². The van der Waals surface area contributed by atoms with Crippen LogP contribution in [0.15, 0.2) is 18.2 Å². The maximum Gasteiger partial charge on any atom is 0.146 e. The van der Waals surface area contributed by atoms with Gasteiger partial charge >= 0.3 is 0 Å². The molecule has 0 saturated carbocycles. The molecule has 0 bridgehead atoms. The van der Waals surface area contributed by atoms with Crippen LogP contribution < -0.4 is 10.6 Å². The monoisotopic (exact) mass is 251 g/mol. The average molecular weight is 251 g/mol. The Bertz CT molecular complexity index is 398. The van der Waals surface area contributed by atoms with Gasteiger partial charge in [0, 0.05) is 25.7 Å². The van der Waals surface area contributed by atoms with Crippen molar-refractivity contribution in [1.82, 2.24) is 4.90 Å². The molecular weight excluding hydrogens is 229 g/mol. The quantitative estimate of drug-likeness (QED) is 0.889. The molecule has 100 valence electrons. The maximum atomic E-state index is 14.0. The van der Waals surface area contributed by atoms with Crippen molar-refractivity contribution in [3.05, 3.63) is 29.6 Å². The van der Waals surface area contributed by atoms with Crippen molar-refractivity contribution in [2.24, 2.45) is 5.73 Å². The molecule has 3 nitrogen and oxygen atoms in total. The Morgan fingerprint density at radius 2 is 2.00 bits per heavy atom. The molecule has 1 fully saturated rings. The van der Waals surface area contributed by atoms with E-state index >= 15 is 0 Å². The molecule has 1 aromatic carbocycles. The van der Waals surface area contributed by atoms with Crippen LogP contribution in [0.1, 0.15) is 18.4 Å². The first-order valence-corrected chi connectivity index (χ1v) is 6.51. The topological polar surface area (TPSA) is 32.5 Å². The van der Waals surface area contributed by atoms with Crippen molar-refractivity contribution in [2.75, 3.05) is 32.1 Å². The van der Waals surface area contributed by atoms with Crippen LogP contribution >= 0.6 is 0 Å². The molecule has 0 atom stereocenters. The van der Waals surface area contributed by atoms with E-state index in [1.165, 1.54) is 0 Å². The highest BCUT2D eigenvalue weighted by atomic mass is 19.1. The van der Waals surface area contributed by atoms with E-state index in [4.69, 9.17) is 5.73 Å². The van der Waals surface area contributed by atoms with Gasteiger partial charge in [-0.15, -0.1) is 0 Å². The third-order valence-electron chi connectivity index (χ3n) is 3.78. The van der Waals surface area contributed by atoms with Gasteiger partial charge < -0.3 is 15.5 Å². The number of benzene rings is 1. The predicted octanol–water partition coefficient (Wildman–Crippen LogP) is 1.81. The van der Waals surface area contributed by atoms with Gasteiger partial charge in [0.05, 0.1) is 5.69 Å². The number of piperidine rings is 1. The third kappa shape index (κ3) is 2.82. The zero-order valence-electron chi connectivity index (χ0n) is 11.2. The zero-order valence-corrected chi connectivity index (χ0v) is 11.2. The molecule has 0 aromatic heterocycles. The molecule has 0 unspecified atom stereocenters. The Morgan fingerprint density at radius 3 is 2.50 bits per heavy atom. The van der Waals surface area contributed by atoms with Crippen molar-refractivity contribution >= 4 is 5.69 Å². The number of halogens is 1. The number of nitrogens with two attached hydrogens (primary N) is 1. The van der Waals surface area contributed by atoms with E-state index in [1.54, 1.807) is 6.07 Å². The summed E-state index contributed by atoms with van der Waals surface area (Å²) in [5.74, 6) is -0.152. The Kier molecular flexibility index (Phi) is 4.19. The fraction of sp³-hybridized carbons (Fsp3) is 0.571. The van der Waals surface area contributed by atoms with E-state index in [1.807, 2.05) is 12.1 Å². The van der Waals surface area contributed by atoms with E-state index in [0.29, 0.717) is 18.3 Å². The highest BCUT2D eigenvalue weighted by molar-refractivity contribution is 5.49. The average Bonchev–Trinajstić information content (AvgIpc) is 2.38. The van der Waals surface area contributed by atoms with E-state index < -0.39 is 0 Å². The van der Waals surface area contributed by atoms with Crippen molar-refractivity contribution in [1.29, 1.82) is 0 Å². The summed E-state index contributed by atoms with van der Waals surface area (Å²) in [6, 6.07) is 5.93. The first kappa shape index (κ1) is 13.3. The molecule has 18 heavy (non-hydrogen) atoms. The Labute approximate surface area is 108 Å². The molecule has 1 aliphatic heterocycles. The largest absolute Gasteiger partial charge is 0.369 e. The normalized spacial score (nSPS) is 17.5. The minimum Gasteiger partial charge on any atom is -0.369 e. The summed E-state index contributed by atoms with van der Waals surface area (Å²) in [6.07, 6.45) is 2.18. The van der Waals surface area contributed by atoms with Crippen LogP contribution in [0.5, 0.6) is 0 Å². The van der Waals surface area contributed by atoms with Crippen molar-refractivity contribution in [3.63, 3.8) is 0 Å². The van der Waals surface area contributed by atoms with Gasteiger partial charge in [0.2, 0.25) is 0 Å². The second-order valence-electron chi connectivity index (χ2n) is 5.17. The number of hydrogen-bond acceptors (Lipinski definition) is 3. The number of rotatable bonds is 3. The lowest BCUT2D eigenvalue weighted by Gasteiger charge is -2.36. The minimum absolute atomic E-state index is 0.152. The van der Waals surface area contributed by atoms with E-state index in [-0.39, 0.29) is 5.82 Å². The number of anilines is 1. The molecule has 0 spiro atoms. The fourth-order valence-corrected chi connectivity index (χ4v) is 2.56. The molecule has 0 radical (unpaired) electrons. The summed E-state index contributed by atoms with van der Waals surface area (Å²) in [5.41, 5.74) is 7.07. The van der Waals surface area contributed by atoms with Crippen molar-refractivity contribution < 1.29 is 4.39 Å². The molecule has 2 N–H and O–H groups in total. The van der Waals surface area contributed by atoms with Gasteiger partial charge in [0.1, 0.15) is 5.82 Å². The summed E-state index contributed by atoms with van der Waals surface area (Å²) >= 11 is 0. The van der Waals surface area contributed by atoms with Gasteiger partial charge in [0.15, 0.2) is 0 Å². The first-order valence-electron chi connectivity index (χ1n) is 6.51. The molecule has 1 saturated heterocycles. The first-order chi connectivity index (χ1) is 8.61. The van der Waals surface area contributed by atoms with Crippen LogP contribution in [0.2, 0.25) is 0 Å². The van der Waals surface area contributed by atoms with Crippen LogP contribution in [0, 0.1) is 5.82 Å². The lowest BCUT2D eigenvalue weighted by atomic mass is 10.0. The molecule has 1 aliphatic rings. The third-order valence-corrected chi connectivity index (χ3v) is 3.78. The summed E-state index contributed by atoms with van der Waals surface area (Å²) in [6.45, 7) is 2.23. The van der Waals surface area contributed by atoms with Gasteiger partial charge in [-0.3, -0.25) is 0 Å². The van der Waals surface area contributed by atoms with Crippen molar-refractivity contribution in [2.45, 2.75) is 25.4 Å². The van der Waals surface area contributed by atoms with Gasteiger partial charge in [0.25, 0.3) is 0 Å².